The third kappa shape index (κ3) is 23.4. The largest absolute Gasteiger partial charge is 0.457 e. The SMILES string of the molecule is CCCCCCC(C)CCCCCCCCCOCC(COC1C(O)C(O)C(O)C1O)OC(=O)CCCCCCCC(C)CCCCCC. The Labute approximate surface area is 301 Å². The highest BCUT2D eigenvalue weighted by Gasteiger charge is 2.49. The molecule has 8 heteroatoms. The predicted octanol–water partition coefficient (Wildman–Crippen LogP) is 8.82. The number of unbranched alkanes of at least 4 members (excludes halogenated alkanes) is 16. The monoisotopic (exact) mass is 701 g/mol. The van der Waals surface area contributed by atoms with Crippen LogP contribution in [0.4, 0.5) is 0 Å². The summed E-state index contributed by atoms with van der Waals surface area (Å²) in [5.41, 5.74) is 0. The van der Waals surface area contributed by atoms with E-state index in [0.717, 1.165) is 43.9 Å². The van der Waals surface area contributed by atoms with E-state index in [1.54, 1.807) is 0 Å². The van der Waals surface area contributed by atoms with Gasteiger partial charge in [-0.1, -0.05) is 169 Å². The van der Waals surface area contributed by atoms with Gasteiger partial charge in [0.1, 0.15) is 36.6 Å². The van der Waals surface area contributed by atoms with Gasteiger partial charge in [0, 0.05) is 13.0 Å². The van der Waals surface area contributed by atoms with Crippen molar-refractivity contribution in [1.29, 1.82) is 0 Å². The van der Waals surface area contributed by atoms with Crippen LogP contribution in [0.2, 0.25) is 0 Å². The lowest BCUT2D eigenvalue weighted by atomic mass is 9.96. The van der Waals surface area contributed by atoms with Crippen molar-refractivity contribution in [3.05, 3.63) is 0 Å². The average Bonchev–Trinajstić information content (AvgIpc) is 3.26. The smallest absolute Gasteiger partial charge is 0.306 e. The first-order chi connectivity index (χ1) is 23.7. The van der Waals surface area contributed by atoms with E-state index in [4.69, 9.17) is 14.2 Å². The summed E-state index contributed by atoms with van der Waals surface area (Å²) in [4.78, 5) is 12.7. The summed E-state index contributed by atoms with van der Waals surface area (Å²) in [6, 6.07) is 0. The van der Waals surface area contributed by atoms with E-state index >= 15 is 0 Å². The van der Waals surface area contributed by atoms with Gasteiger partial charge in [0.15, 0.2) is 0 Å². The van der Waals surface area contributed by atoms with Gasteiger partial charge in [-0.05, 0) is 24.7 Å². The van der Waals surface area contributed by atoms with Crippen LogP contribution >= 0.6 is 0 Å². The third-order valence-corrected chi connectivity index (χ3v) is 10.5. The van der Waals surface area contributed by atoms with Crippen LogP contribution < -0.4 is 0 Å². The molecule has 0 aromatic carbocycles. The first-order valence-electron chi connectivity index (χ1n) is 20.8. The molecule has 0 radical (unpaired) electrons. The minimum atomic E-state index is -1.49. The van der Waals surface area contributed by atoms with Crippen molar-refractivity contribution in [1.82, 2.24) is 0 Å². The van der Waals surface area contributed by atoms with E-state index in [0.29, 0.717) is 13.0 Å². The summed E-state index contributed by atoms with van der Waals surface area (Å²) in [5, 5.41) is 40.2. The number of hydrogen-bond acceptors (Lipinski definition) is 8. The number of aliphatic hydroxyl groups is 4. The number of carbonyl (C=O) groups excluding carboxylic acids is 1. The van der Waals surface area contributed by atoms with Crippen molar-refractivity contribution in [3.8, 4) is 0 Å². The Bertz CT molecular complexity index is 737. The minimum Gasteiger partial charge on any atom is -0.457 e. The third-order valence-electron chi connectivity index (χ3n) is 10.5. The summed E-state index contributed by atoms with van der Waals surface area (Å²) in [5.74, 6) is 1.34. The molecule has 1 aliphatic rings. The zero-order chi connectivity index (χ0) is 36.1. The van der Waals surface area contributed by atoms with Crippen molar-refractivity contribution in [2.24, 2.45) is 11.8 Å². The maximum Gasteiger partial charge on any atom is 0.306 e. The van der Waals surface area contributed by atoms with Gasteiger partial charge in [-0.25, -0.2) is 0 Å². The Morgan fingerprint density at radius 1 is 0.531 bits per heavy atom. The van der Waals surface area contributed by atoms with E-state index in [1.165, 1.54) is 122 Å². The lowest BCUT2D eigenvalue weighted by Crippen LogP contribution is -2.39. The summed E-state index contributed by atoms with van der Waals surface area (Å²) < 4.78 is 17.2. The molecule has 8 nitrogen and oxygen atoms in total. The van der Waals surface area contributed by atoms with E-state index in [-0.39, 0.29) is 19.2 Å². The summed E-state index contributed by atoms with van der Waals surface area (Å²) in [7, 11) is 0. The lowest BCUT2D eigenvalue weighted by Gasteiger charge is -2.24. The van der Waals surface area contributed by atoms with Gasteiger partial charge in [-0.15, -0.1) is 0 Å². The highest BCUT2D eigenvalue weighted by atomic mass is 16.6. The van der Waals surface area contributed by atoms with Crippen LogP contribution in [-0.4, -0.2) is 82.8 Å². The first kappa shape index (κ1) is 46.3. The van der Waals surface area contributed by atoms with Gasteiger partial charge < -0.3 is 34.6 Å². The molecule has 0 aliphatic heterocycles. The number of ether oxygens (including phenoxy) is 3. The molecular weight excluding hydrogens is 620 g/mol. The second kappa shape index (κ2) is 30.8. The molecule has 0 bridgehead atoms. The van der Waals surface area contributed by atoms with E-state index in [9.17, 15) is 25.2 Å². The van der Waals surface area contributed by atoms with Gasteiger partial charge in [0.25, 0.3) is 0 Å². The molecule has 0 aromatic rings. The van der Waals surface area contributed by atoms with Crippen LogP contribution in [0.5, 0.6) is 0 Å². The Kier molecular flexibility index (Phi) is 29.1. The van der Waals surface area contributed by atoms with Crippen LogP contribution in [0.1, 0.15) is 188 Å². The minimum absolute atomic E-state index is 0.0993. The Hall–Kier alpha value is -0.770. The van der Waals surface area contributed by atoms with Crippen molar-refractivity contribution in [2.75, 3.05) is 19.8 Å². The molecule has 1 fully saturated rings. The van der Waals surface area contributed by atoms with Crippen molar-refractivity contribution in [2.45, 2.75) is 225 Å². The number of esters is 1. The Morgan fingerprint density at radius 3 is 1.41 bits per heavy atom. The van der Waals surface area contributed by atoms with Gasteiger partial charge in [-0.2, -0.15) is 0 Å². The highest BCUT2D eigenvalue weighted by molar-refractivity contribution is 5.69. The molecule has 7 atom stereocenters. The fourth-order valence-corrected chi connectivity index (χ4v) is 6.99. The van der Waals surface area contributed by atoms with Crippen LogP contribution in [0.25, 0.3) is 0 Å². The zero-order valence-electron chi connectivity index (χ0n) is 32.3. The second-order valence-electron chi connectivity index (χ2n) is 15.4. The number of aliphatic hydroxyl groups excluding tert-OH is 4. The first-order valence-corrected chi connectivity index (χ1v) is 20.8. The topological polar surface area (TPSA) is 126 Å². The fourth-order valence-electron chi connectivity index (χ4n) is 6.99. The quantitative estimate of drug-likeness (QED) is 0.0388. The van der Waals surface area contributed by atoms with E-state index in [1.807, 2.05) is 0 Å². The van der Waals surface area contributed by atoms with Crippen molar-refractivity contribution in [3.63, 3.8) is 0 Å². The van der Waals surface area contributed by atoms with Crippen molar-refractivity contribution < 1.29 is 39.4 Å². The van der Waals surface area contributed by atoms with Crippen LogP contribution in [0.3, 0.4) is 0 Å². The Balaban J connectivity index is 2.26. The van der Waals surface area contributed by atoms with Crippen molar-refractivity contribution >= 4 is 5.97 Å². The van der Waals surface area contributed by atoms with Gasteiger partial charge >= 0.3 is 5.97 Å². The molecule has 292 valence electrons. The summed E-state index contributed by atoms with van der Waals surface area (Å²) >= 11 is 0. The van der Waals surface area contributed by atoms with Gasteiger partial charge in [0.05, 0.1) is 13.2 Å². The lowest BCUT2D eigenvalue weighted by molar-refractivity contribution is -0.163. The molecule has 7 unspecified atom stereocenters. The average molecular weight is 701 g/mol. The van der Waals surface area contributed by atoms with Crippen LogP contribution in [-0.2, 0) is 19.0 Å². The molecule has 1 rings (SSSR count). The zero-order valence-corrected chi connectivity index (χ0v) is 32.3. The highest BCUT2D eigenvalue weighted by Crippen LogP contribution is 2.25. The fraction of sp³-hybridized carbons (Fsp3) is 0.976. The molecule has 0 aromatic heterocycles. The number of hydrogen-bond donors (Lipinski definition) is 4. The van der Waals surface area contributed by atoms with Gasteiger partial charge in [-0.3, -0.25) is 4.79 Å². The molecule has 1 saturated carbocycles. The molecule has 0 amide bonds. The predicted molar refractivity (Wildman–Crippen MR) is 200 cm³/mol. The molecule has 4 N–H and O–H groups in total. The maximum absolute atomic E-state index is 12.7. The van der Waals surface area contributed by atoms with E-state index < -0.39 is 36.6 Å². The summed E-state index contributed by atoms with van der Waals surface area (Å²) in [6.45, 7) is 9.91. The molecule has 49 heavy (non-hydrogen) atoms. The molecule has 0 heterocycles. The van der Waals surface area contributed by atoms with Gasteiger partial charge in [0.2, 0.25) is 0 Å². The molecule has 0 spiro atoms. The molecular formula is C41H80O8. The molecule has 0 saturated heterocycles. The molecule has 1 aliphatic carbocycles. The number of rotatable bonds is 34. The standard InChI is InChI=1S/C41H80O8/c1-5-7-9-19-25-33(3)27-21-15-12-11-13-18-24-30-47-31-35(32-48-41-39(45)37(43)38(44)40(41)46)49-36(42)29-23-17-14-16-22-28-34(4)26-20-10-8-6-2/h33-35,37-41,43-46H,5-32H2,1-4H3. The Morgan fingerprint density at radius 2 is 0.939 bits per heavy atom. The normalized spacial score (nSPS) is 22.7. The maximum atomic E-state index is 12.7. The summed E-state index contributed by atoms with van der Waals surface area (Å²) in [6.07, 6.45) is 22.5. The van der Waals surface area contributed by atoms with Crippen LogP contribution in [0, 0.1) is 11.8 Å². The van der Waals surface area contributed by atoms with E-state index in [2.05, 4.69) is 27.7 Å². The second-order valence-corrected chi connectivity index (χ2v) is 15.4. The van der Waals surface area contributed by atoms with Crippen LogP contribution in [0.15, 0.2) is 0 Å². The number of carbonyl (C=O) groups is 1.